The van der Waals surface area contributed by atoms with E-state index in [0.717, 1.165) is 5.56 Å². The van der Waals surface area contributed by atoms with Crippen molar-refractivity contribution in [1.29, 1.82) is 0 Å². The Morgan fingerprint density at radius 2 is 2.15 bits per heavy atom. The van der Waals surface area contributed by atoms with Crippen LogP contribution in [0.25, 0.3) is 11.3 Å². The molecule has 0 unspecified atom stereocenters. The summed E-state index contributed by atoms with van der Waals surface area (Å²) in [4.78, 5) is 10.9. The van der Waals surface area contributed by atoms with Crippen molar-refractivity contribution in [3.8, 4) is 17.0 Å². The summed E-state index contributed by atoms with van der Waals surface area (Å²) in [5.74, 6) is -0.394. The van der Waals surface area contributed by atoms with Crippen LogP contribution in [0.3, 0.4) is 0 Å². The zero-order chi connectivity index (χ0) is 14.4. The van der Waals surface area contributed by atoms with E-state index in [0.29, 0.717) is 31.3 Å². The van der Waals surface area contributed by atoms with Crippen molar-refractivity contribution in [2.45, 2.75) is 6.92 Å². The molecule has 2 N–H and O–H groups in total. The third-order valence-corrected chi connectivity index (χ3v) is 2.66. The van der Waals surface area contributed by atoms with Gasteiger partial charge in [0.15, 0.2) is 0 Å². The molecule has 0 aliphatic rings. The van der Waals surface area contributed by atoms with Crippen LogP contribution in [-0.4, -0.2) is 41.1 Å². The Morgan fingerprint density at radius 1 is 1.35 bits per heavy atom. The monoisotopic (exact) mass is 276 g/mol. The molecule has 106 valence electrons. The normalized spacial score (nSPS) is 10.4. The van der Waals surface area contributed by atoms with Crippen LogP contribution in [0.15, 0.2) is 30.3 Å². The summed E-state index contributed by atoms with van der Waals surface area (Å²) in [7, 11) is 0. The summed E-state index contributed by atoms with van der Waals surface area (Å²) in [6.07, 6.45) is 0. The van der Waals surface area contributed by atoms with Crippen molar-refractivity contribution in [1.82, 2.24) is 10.2 Å². The first-order valence-electron chi connectivity index (χ1n) is 6.31. The number of aromatic nitrogens is 2. The summed E-state index contributed by atoms with van der Waals surface area (Å²) < 4.78 is 10.8. The zero-order valence-corrected chi connectivity index (χ0v) is 11.1. The third kappa shape index (κ3) is 3.36. The van der Waals surface area contributed by atoms with E-state index in [1.54, 1.807) is 0 Å². The molecule has 6 nitrogen and oxygen atoms in total. The molecular weight excluding hydrogens is 260 g/mol. The van der Waals surface area contributed by atoms with E-state index >= 15 is 0 Å². The Labute approximate surface area is 116 Å². The van der Waals surface area contributed by atoms with Gasteiger partial charge in [-0.15, -0.1) is 0 Å². The largest absolute Gasteiger partial charge is 0.490 e. The highest BCUT2D eigenvalue weighted by atomic mass is 16.5. The van der Waals surface area contributed by atoms with Crippen LogP contribution in [0.2, 0.25) is 0 Å². The number of rotatable bonds is 7. The molecule has 0 fully saturated rings. The van der Waals surface area contributed by atoms with Gasteiger partial charge >= 0.3 is 5.97 Å². The van der Waals surface area contributed by atoms with Crippen LogP contribution in [0.4, 0.5) is 0 Å². The summed E-state index contributed by atoms with van der Waals surface area (Å²) in [6, 6.07) is 8.82. The number of benzene rings is 1. The van der Waals surface area contributed by atoms with Crippen molar-refractivity contribution in [2.24, 2.45) is 0 Å². The number of carboxylic acid groups (broad SMARTS) is 1. The first kappa shape index (κ1) is 14.1. The average molecular weight is 276 g/mol. The summed E-state index contributed by atoms with van der Waals surface area (Å²) in [5.41, 5.74) is 1.33. The van der Waals surface area contributed by atoms with E-state index in [1.807, 2.05) is 31.2 Å². The van der Waals surface area contributed by atoms with Crippen LogP contribution in [-0.2, 0) is 4.74 Å². The van der Waals surface area contributed by atoms with Gasteiger partial charge in [0.1, 0.15) is 18.1 Å². The molecule has 0 saturated heterocycles. The molecule has 1 aromatic carbocycles. The Kier molecular flexibility index (Phi) is 4.73. The number of aromatic carboxylic acids is 1. The Bertz CT molecular complexity index is 580. The molecule has 1 aromatic heterocycles. The number of para-hydroxylation sites is 1. The molecule has 0 spiro atoms. The molecule has 1 heterocycles. The molecule has 6 heteroatoms. The maximum absolute atomic E-state index is 10.9. The summed E-state index contributed by atoms with van der Waals surface area (Å²) in [6.45, 7) is 3.50. The number of nitrogens with zero attached hydrogens (tertiary/aromatic N) is 1. The molecule has 0 bridgehead atoms. The molecule has 0 atom stereocenters. The molecule has 0 amide bonds. The first-order chi connectivity index (χ1) is 9.72. The highest BCUT2D eigenvalue weighted by Crippen LogP contribution is 2.28. The average Bonchev–Trinajstić information content (AvgIpc) is 2.94. The van der Waals surface area contributed by atoms with E-state index in [-0.39, 0.29) is 5.69 Å². The van der Waals surface area contributed by atoms with Gasteiger partial charge in [-0.05, 0) is 25.1 Å². The van der Waals surface area contributed by atoms with Gasteiger partial charge in [-0.25, -0.2) is 4.79 Å². The molecular formula is C14H16N2O4. The maximum Gasteiger partial charge on any atom is 0.353 e. The number of H-pyrrole nitrogens is 1. The predicted octanol–water partition coefficient (Wildman–Crippen LogP) is 2.19. The van der Waals surface area contributed by atoms with E-state index in [9.17, 15) is 4.79 Å². The van der Waals surface area contributed by atoms with Gasteiger partial charge in [-0.3, -0.25) is 5.10 Å². The van der Waals surface area contributed by atoms with Gasteiger partial charge in [0.2, 0.25) is 0 Å². The van der Waals surface area contributed by atoms with Gasteiger partial charge < -0.3 is 14.6 Å². The fourth-order valence-corrected chi connectivity index (χ4v) is 1.73. The van der Waals surface area contributed by atoms with E-state index in [2.05, 4.69) is 10.2 Å². The molecule has 2 aromatic rings. The van der Waals surface area contributed by atoms with Crippen molar-refractivity contribution in [2.75, 3.05) is 19.8 Å². The minimum Gasteiger partial charge on any atom is -0.490 e. The van der Waals surface area contributed by atoms with E-state index in [4.69, 9.17) is 14.6 Å². The second-order valence-electron chi connectivity index (χ2n) is 4.01. The predicted molar refractivity (Wildman–Crippen MR) is 73.0 cm³/mol. The minimum atomic E-state index is -1.04. The number of hydrogen-bond donors (Lipinski definition) is 2. The summed E-state index contributed by atoms with van der Waals surface area (Å²) >= 11 is 0. The lowest BCUT2D eigenvalue weighted by atomic mass is 10.1. The molecule has 0 aliphatic heterocycles. The van der Waals surface area contributed by atoms with Crippen LogP contribution in [0.5, 0.6) is 5.75 Å². The topological polar surface area (TPSA) is 84.4 Å². The lowest BCUT2D eigenvalue weighted by Gasteiger charge is -2.09. The summed E-state index contributed by atoms with van der Waals surface area (Å²) in [5, 5.41) is 15.4. The fraction of sp³-hybridized carbons (Fsp3) is 0.286. The Hall–Kier alpha value is -2.34. The molecule has 20 heavy (non-hydrogen) atoms. The quantitative estimate of drug-likeness (QED) is 0.757. The maximum atomic E-state index is 10.9. The standard InChI is InChI=1S/C14H16N2O4/c1-2-19-7-8-20-13-6-4-3-5-10(13)11-9-12(14(17)18)16-15-11/h3-6,9H,2,7-8H2,1H3,(H,15,16)(H,17,18). The Morgan fingerprint density at radius 3 is 2.85 bits per heavy atom. The van der Waals surface area contributed by atoms with Crippen LogP contribution in [0, 0.1) is 0 Å². The van der Waals surface area contributed by atoms with E-state index < -0.39 is 5.97 Å². The lowest BCUT2D eigenvalue weighted by molar-refractivity contribution is 0.0690. The smallest absolute Gasteiger partial charge is 0.353 e. The van der Waals surface area contributed by atoms with Crippen molar-refractivity contribution < 1.29 is 19.4 Å². The number of aromatic amines is 1. The number of hydrogen-bond acceptors (Lipinski definition) is 4. The van der Waals surface area contributed by atoms with Crippen molar-refractivity contribution in [3.63, 3.8) is 0 Å². The third-order valence-electron chi connectivity index (χ3n) is 2.66. The van der Waals surface area contributed by atoms with Crippen LogP contribution >= 0.6 is 0 Å². The number of carboxylic acids is 1. The fourth-order valence-electron chi connectivity index (χ4n) is 1.73. The second-order valence-corrected chi connectivity index (χ2v) is 4.01. The van der Waals surface area contributed by atoms with Gasteiger partial charge in [0.05, 0.1) is 12.3 Å². The number of nitrogens with one attached hydrogen (secondary N) is 1. The lowest BCUT2D eigenvalue weighted by Crippen LogP contribution is -2.06. The van der Waals surface area contributed by atoms with Crippen LogP contribution in [0.1, 0.15) is 17.4 Å². The van der Waals surface area contributed by atoms with Crippen molar-refractivity contribution in [3.05, 3.63) is 36.0 Å². The molecule has 2 rings (SSSR count). The van der Waals surface area contributed by atoms with Crippen LogP contribution < -0.4 is 4.74 Å². The molecule has 0 saturated carbocycles. The highest BCUT2D eigenvalue weighted by molar-refractivity contribution is 5.87. The highest BCUT2D eigenvalue weighted by Gasteiger charge is 2.12. The van der Waals surface area contributed by atoms with Gasteiger partial charge in [-0.2, -0.15) is 5.10 Å². The minimum absolute atomic E-state index is 0.0455. The second kappa shape index (κ2) is 6.72. The van der Waals surface area contributed by atoms with Gasteiger partial charge in [0, 0.05) is 12.2 Å². The van der Waals surface area contributed by atoms with E-state index in [1.165, 1.54) is 6.07 Å². The molecule has 0 radical (unpaired) electrons. The number of carbonyl (C=O) groups is 1. The first-order valence-corrected chi connectivity index (χ1v) is 6.31. The van der Waals surface area contributed by atoms with Gasteiger partial charge in [0.25, 0.3) is 0 Å². The molecule has 0 aliphatic carbocycles. The van der Waals surface area contributed by atoms with Gasteiger partial charge in [-0.1, -0.05) is 12.1 Å². The Balaban J connectivity index is 2.16. The SMILES string of the molecule is CCOCCOc1ccccc1-c1cc(C(=O)O)[nH]n1. The number of ether oxygens (including phenoxy) is 2. The van der Waals surface area contributed by atoms with Crippen molar-refractivity contribution >= 4 is 5.97 Å². The zero-order valence-electron chi connectivity index (χ0n) is 11.1.